The van der Waals surface area contributed by atoms with E-state index in [9.17, 15) is 13.2 Å². The van der Waals surface area contributed by atoms with Crippen molar-refractivity contribution in [2.24, 2.45) is 5.73 Å². The van der Waals surface area contributed by atoms with Crippen molar-refractivity contribution < 1.29 is 13.2 Å². The van der Waals surface area contributed by atoms with E-state index in [2.05, 4.69) is 0 Å². The quantitative estimate of drug-likeness (QED) is 0.553. The standard InChI is InChI=1S/C9H5F3N2/c10-6-2-1-5(7(14)3-4-13)8(11)9(6)12/h1-3H,14H2/b7-3+. The van der Waals surface area contributed by atoms with Crippen LogP contribution >= 0.6 is 0 Å². The number of nitrogens with two attached hydrogens (primary N) is 1. The number of nitrogens with zero attached hydrogens (tertiary/aromatic N) is 1. The Morgan fingerprint density at radius 2 is 1.93 bits per heavy atom. The topological polar surface area (TPSA) is 49.8 Å². The molecule has 0 aliphatic rings. The molecule has 0 spiro atoms. The van der Waals surface area contributed by atoms with Gasteiger partial charge in [0.1, 0.15) is 0 Å². The monoisotopic (exact) mass is 198 g/mol. The van der Waals surface area contributed by atoms with E-state index in [1.54, 1.807) is 6.07 Å². The second kappa shape index (κ2) is 3.83. The van der Waals surface area contributed by atoms with Crippen LogP contribution in [-0.4, -0.2) is 0 Å². The van der Waals surface area contributed by atoms with Crippen LogP contribution in [0.4, 0.5) is 13.2 Å². The first-order chi connectivity index (χ1) is 6.57. The molecule has 72 valence electrons. The van der Waals surface area contributed by atoms with Gasteiger partial charge in [-0.25, -0.2) is 13.2 Å². The Morgan fingerprint density at radius 1 is 1.29 bits per heavy atom. The van der Waals surface area contributed by atoms with E-state index < -0.39 is 17.5 Å². The summed E-state index contributed by atoms with van der Waals surface area (Å²) in [6.07, 6.45) is 0.843. The summed E-state index contributed by atoms with van der Waals surface area (Å²) in [7, 11) is 0. The minimum absolute atomic E-state index is 0.246. The zero-order chi connectivity index (χ0) is 10.7. The summed E-state index contributed by atoms with van der Waals surface area (Å²) in [5.41, 5.74) is 4.66. The van der Waals surface area contributed by atoms with Crippen molar-refractivity contribution in [1.29, 1.82) is 5.26 Å². The minimum Gasteiger partial charge on any atom is -0.398 e. The van der Waals surface area contributed by atoms with Crippen LogP contribution in [0.2, 0.25) is 0 Å². The Hall–Kier alpha value is -1.96. The molecule has 0 saturated heterocycles. The maximum atomic E-state index is 13.0. The lowest BCUT2D eigenvalue weighted by Crippen LogP contribution is -2.02. The summed E-state index contributed by atoms with van der Waals surface area (Å²) in [6, 6.07) is 3.27. The first-order valence-electron chi connectivity index (χ1n) is 3.57. The Morgan fingerprint density at radius 3 is 2.50 bits per heavy atom. The van der Waals surface area contributed by atoms with Gasteiger partial charge < -0.3 is 5.73 Å². The Balaban J connectivity index is 3.33. The molecule has 2 N–H and O–H groups in total. The zero-order valence-electron chi connectivity index (χ0n) is 6.89. The molecular weight excluding hydrogens is 193 g/mol. The van der Waals surface area contributed by atoms with E-state index in [1.807, 2.05) is 0 Å². The van der Waals surface area contributed by atoms with E-state index in [0.717, 1.165) is 18.2 Å². The molecule has 0 fully saturated rings. The predicted octanol–water partition coefficient (Wildman–Crippen LogP) is 1.93. The zero-order valence-corrected chi connectivity index (χ0v) is 6.89. The number of allylic oxidation sites excluding steroid dienone is 1. The van der Waals surface area contributed by atoms with Crippen LogP contribution in [0, 0.1) is 28.8 Å². The SMILES string of the molecule is N#C/C=C(/N)c1ccc(F)c(F)c1F. The molecule has 14 heavy (non-hydrogen) atoms. The number of hydrogen-bond acceptors (Lipinski definition) is 2. The van der Waals surface area contributed by atoms with Gasteiger partial charge in [0, 0.05) is 11.6 Å². The van der Waals surface area contributed by atoms with Gasteiger partial charge in [0.15, 0.2) is 17.5 Å². The first-order valence-corrected chi connectivity index (χ1v) is 3.57. The van der Waals surface area contributed by atoms with Gasteiger partial charge in [0.2, 0.25) is 0 Å². The Kier molecular flexibility index (Phi) is 2.77. The minimum atomic E-state index is -1.60. The third-order valence-electron chi connectivity index (χ3n) is 1.57. The molecule has 0 amide bonds. The second-order valence-electron chi connectivity index (χ2n) is 2.45. The molecule has 0 aliphatic carbocycles. The molecule has 0 atom stereocenters. The molecule has 0 aliphatic heterocycles. The van der Waals surface area contributed by atoms with E-state index in [0.29, 0.717) is 0 Å². The summed E-state index contributed by atoms with van der Waals surface area (Å²) in [6.45, 7) is 0. The van der Waals surface area contributed by atoms with Crippen LogP contribution in [0.5, 0.6) is 0 Å². The maximum Gasteiger partial charge on any atom is 0.195 e. The third-order valence-corrected chi connectivity index (χ3v) is 1.57. The normalized spacial score (nSPS) is 11.1. The van der Waals surface area contributed by atoms with Gasteiger partial charge in [-0.3, -0.25) is 0 Å². The van der Waals surface area contributed by atoms with Gasteiger partial charge >= 0.3 is 0 Å². The van der Waals surface area contributed by atoms with Crippen molar-refractivity contribution in [1.82, 2.24) is 0 Å². The van der Waals surface area contributed by atoms with Crippen molar-refractivity contribution in [3.05, 3.63) is 41.2 Å². The third kappa shape index (κ3) is 1.69. The summed E-state index contributed by atoms with van der Waals surface area (Å²) in [5.74, 6) is -4.29. The van der Waals surface area contributed by atoms with Crippen LogP contribution in [0.15, 0.2) is 18.2 Å². The van der Waals surface area contributed by atoms with Crippen molar-refractivity contribution in [2.75, 3.05) is 0 Å². The number of halogens is 3. The average Bonchev–Trinajstić information content (AvgIpc) is 2.15. The van der Waals surface area contributed by atoms with Gasteiger partial charge in [-0.05, 0) is 12.1 Å². The van der Waals surface area contributed by atoms with Crippen LogP contribution in [0.3, 0.4) is 0 Å². The lowest BCUT2D eigenvalue weighted by Gasteiger charge is -2.03. The molecular formula is C9H5F3N2. The molecule has 0 unspecified atom stereocenters. The highest BCUT2D eigenvalue weighted by Crippen LogP contribution is 2.18. The fourth-order valence-corrected chi connectivity index (χ4v) is 0.896. The summed E-state index contributed by atoms with van der Waals surface area (Å²) in [5, 5.41) is 8.22. The van der Waals surface area contributed by atoms with Crippen LogP contribution in [0.1, 0.15) is 5.56 Å². The molecule has 0 heterocycles. The molecule has 5 heteroatoms. The number of rotatable bonds is 1. The van der Waals surface area contributed by atoms with Crippen molar-refractivity contribution in [3.8, 4) is 6.07 Å². The van der Waals surface area contributed by atoms with Crippen molar-refractivity contribution >= 4 is 5.70 Å². The largest absolute Gasteiger partial charge is 0.398 e. The first kappa shape index (κ1) is 10.1. The molecule has 0 bridgehead atoms. The fourth-order valence-electron chi connectivity index (χ4n) is 0.896. The molecule has 1 aromatic carbocycles. The van der Waals surface area contributed by atoms with Crippen LogP contribution in [-0.2, 0) is 0 Å². The van der Waals surface area contributed by atoms with E-state index >= 15 is 0 Å². The molecule has 0 aromatic heterocycles. The summed E-state index contributed by atoms with van der Waals surface area (Å²) < 4.78 is 38.1. The van der Waals surface area contributed by atoms with Crippen LogP contribution in [0.25, 0.3) is 5.70 Å². The van der Waals surface area contributed by atoms with Gasteiger partial charge in [0.25, 0.3) is 0 Å². The van der Waals surface area contributed by atoms with Gasteiger partial charge in [0.05, 0.1) is 11.8 Å². The molecule has 1 aromatic rings. The number of hydrogen-bond donors (Lipinski definition) is 1. The summed E-state index contributed by atoms with van der Waals surface area (Å²) >= 11 is 0. The number of nitriles is 1. The van der Waals surface area contributed by atoms with Gasteiger partial charge in [-0.15, -0.1) is 0 Å². The predicted molar refractivity (Wildman–Crippen MR) is 44.1 cm³/mol. The fraction of sp³-hybridized carbons (Fsp3) is 0. The smallest absolute Gasteiger partial charge is 0.195 e. The highest BCUT2D eigenvalue weighted by molar-refractivity contribution is 5.65. The van der Waals surface area contributed by atoms with Crippen molar-refractivity contribution in [3.63, 3.8) is 0 Å². The van der Waals surface area contributed by atoms with Crippen molar-refractivity contribution in [2.45, 2.75) is 0 Å². The molecule has 1 rings (SSSR count). The van der Waals surface area contributed by atoms with Gasteiger partial charge in [-0.2, -0.15) is 5.26 Å². The molecule has 0 radical (unpaired) electrons. The molecule has 2 nitrogen and oxygen atoms in total. The highest BCUT2D eigenvalue weighted by atomic mass is 19.2. The number of benzene rings is 1. The Bertz CT molecular complexity index is 432. The Labute approximate surface area is 78.1 Å². The van der Waals surface area contributed by atoms with E-state index in [4.69, 9.17) is 11.0 Å². The molecule has 0 saturated carbocycles. The average molecular weight is 198 g/mol. The lowest BCUT2D eigenvalue weighted by molar-refractivity contribution is 0.445. The second-order valence-corrected chi connectivity index (χ2v) is 2.45. The van der Waals surface area contributed by atoms with E-state index in [-0.39, 0.29) is 11.3 Å². The highest BCUT2D eigenvalue weighted by Gasteiger charge is 2.14. The lowest BCUT2D eigenvalue weighted by atomic mass is 10.1. The maximum absolute atomic E-state index is 13.0. The van der Waals surface area contributed by atoms with E-state index in [1.165, 1.54) is 0 Å². The van der Waals surface area contributed by atoms with Gasteiger partial charge in [-0.1, -0.05) is 0 Å². The van der Waals surface area contributed by atoms with Crippen LogP contribution < -0.4 is 5.73 Å². The summed E-state index contributed by atoms with van der Waals surface area (Å²) in [4.78, 5) is 0.